The zero-order valence-electron chi connectivity index (χ0n) is 8.11. The molecule has 3 heteroatoms. The van der Waals surface area contributed by atoms with E-state index in [2.05, 4.69) is 16.4 Å². The van der Waals surface area contributed by atoms with Gasteiger partial charge in [0.25, 0.3) is 0 Å². The van der Waals surface area contributed by atoms with Gasteiger partial charge in [-0.25, -0.2) is 0 Å². The molecule has 2 nitrogen and oxygen atoms in total. The fourth-order valence-electron chi connectivity index (χ4n) is 2.83. The molecule has 2 saturated heterocycles. The molecule has 1 aromatic heterocycles. The number of hydrogen-bond donors (Lipinski definition) is 1. The van der Waals surface area contributed by atoms with Gasteiger partial charge in [-0.1, -0.05) is 12.1 Å². The molecule has 2 bridgehead atoms. The molecular weight excluding hydrogens is 171 g/mol. The first-order valence-corrected chi connectivity index (χ1v) is 5.30. The lowest BCUT2D eigenvalue weighted by molar-refractivity contribution is 0.505. The van der Waals surface area contributed by atoms with Gasteiger partial charge in [0.05, 0.1) is 0 Å². The molecule has 0 saturated carbocycles. The summed E-state index contributed by atoms with van der Waals surface area (Å²) in [7, 11) is 5.57. The summed E-state index contributed by atoms with van der Waals surface area (Å²) in [4.78, 5) is 4.16. The normalized spacial score (nSPS) is 35.0. The fourth-order valence-corrected chi connectivity index (χ4v) is 2.83. The molecule has 1 N–H and O–H groups in total. The predicted molar refractivity (Wildman–Crippen MR) is 56.9 cm³/mol. The van der Waals surface area contributed by atoms with E-state index in [4.69, 9.17) is 7.85 Å². The summed E-state index contributed by atoms with van der Waals surface area (Å²) in [6.45, 7) is 0. The molecule has 2 aliphatic rings. The lowest BCUT2D eigenvalue weighted by atomic mass is 9.84. The molecule has 3 heterocycles. The fraction of sp³-hybridized carbons (Fsp3) is 0.545. The maximum atomic E-state index is 5.57. The van der Waals surface area contributed by atoms with E-state index < -0.39 is 0 Å². The molecule has 2 radical (unpaired) electrons. The van der Waals surface area contributed by atoms with Gasteiger partial charge < -0.3 is 5.32 Å². The second kappa shape index (κ2) is 3.09. The number of rotatable bonds is 1. The lowest BCUT2D eigenvalue weighted by Crippen LogP contribution is -2.22. The van der Waals surface area contributed by atoms with E-state index >= 15 is 0 Å². The first kappa shape index (κ1) is 8.48. The molecule has 70 valence electrons. The highest BCUT2D eigenvalue weighted by Crippen LogP contribution is 2.39. The molecule has 14 heavy (non-hydrogen) atoms. The van der Waals surface area contributed by atoms with Crippen LogP contribution in [0.15, 0.2) is 18.3 Å². The van der Waals surface area contributed by atoms with Crippen molar-refractivity contribution in [1.29, 1.82) is 0 Å². The van der Waals surface area contributed by atoms with Crippen LogP contribution in [-0.2, 0) is 0 Å². The van der Waals surface area contributed by atoms with E-state index in [1.165, 1.54) is 24.8 Å². The van der Waals surface area contributed by atoms with Gasteiger partial charge in [0, 0.05) is 24.2 Å². The molecular formula is C11H13BN2. The summed E-state index contributed by atoms with van der Waals surface area (Å²) in [6.07, 6.45) is 5.88. The van der Waals surface area contributed by atoms with Crippen LogP contribution in [0.5, 0.6) is 0 Å². The number of nitrogens with one attached hydrogen (secondary N) is 1. The Labute approximate surface area is 85.5 Å². The maximum absolute atomic E-state index is 5.57. The molecule has 0 spiro atoms. The van der Waals surface area contributed by atoms with Crippen LogP contribution >= 0.6 is 0 Å². The largest absolute Gasteiger partial charge is 0.311 e. The predicted octanol–water partition coefficient (Wildman–Crippen LogP) is 0.483. The van der Waals surface area contributed by atoms with Gasteiger partial charge in [-0.3, -0.25) is 4.98 Å². The van der Waals surface area contributed by atoms with Crippen molar-refractivity contribution >= 4 is 13.4 Å². The highest BCUT2D eigenvalue weighted by atomic mass is 15.0. The topological polar surface area (TPSA) is 24.9 Å². The maximum Gasteiger partial charge on any atom is 0.141 e. The Morgan fingerprint density at radius 3 is 2.86 bits per heavy atom. The summed E-state index contributed by atoms with van der Waals surface area (Å²) in [6, 6.07) is 5.46. The number of aromatic nitrogens is 1. The van der Waals surface area contributed by atoms with Crippen LogP contribution in [0.2, 0.25) is 0 Å². The van der Waals surface area contributed by atoms with Crippen molar-refractivity contribution in [3.05, 3.63) is 23.9 Å². The van der Waals surface area contributed by atoms with Gasteiger partial charge in [-0.05, 0) is 30.4 Å². The minimum absolute atomic E-state index is 0.616. The van der Waals surface area contributed by atoms with Crippen LogP contribution < -0.4 is 10.9 Å². The van der Waals surface area contributed by atoms with Gasteiger partial charge in [0.15, 0.2) is 0 Å². The van der Waals surface area contributed by atoms with Crippen molar-refractivity contribution in [2.75, 3.05) is 0 Å². The molecule has 3 atom stereocenters. The van der Waals surface area contributed by atoms with Crippen molar-refractivity contribution in [1.82, 2.24) is 10.3 Å². The summed E-state index contributed by atoms with van der Waals surface area (Å²) < 4.78 is 0. The monoisotopic (exact) mass is 184 g/mol. The molecule has 0 amide bonds. The van der Waals surface area contributed by atoms with Crippen LogP contribution in [0, 0.1) is 0 Å². The average Bonchev–Trinajstić information content (AvgIpc) is 2.80. The summed E-state index contributed by atoms with van der Waals surface area (Å²) in [5.41, 5.74) is 1.96. The van der Waals surface area contributed by atoms with Crippen molar-refractivity contribution in [2.24, 2.45) is 0 Å². The van der Waals surface area contributed by atoms with E-state index in [1.54, 1.807) is 0 Å². The van der Waals surface area contributed by atoms with Crippen molar-refractivity contribution < 1.29 is 0 Å². The second-order valence-corrected chi connectivity index (χ2v) is 4.41. The first-order valence-electron chi connectivity index (χ1n) is 5.30. The van der Waals surface area contributed by atoms with Gasteiger partial charge in [0.1, 0.15) is 7.85 Å². The van der Waals surface area contributed by atoms with Gasteiger partial charge in [-0.2, -0.15) is 0 Å². The Balaban J connectivity index is 1.86. The van der Waals surface area contributed by atoms with E-state index in [9.17, 15) is 0 Å². The zero-order chi connectivity index (χ0) is 9.54. The van der Waals surface area contributed by atoms with Gasteiger partial charge >= 0.3 is 0 Å². The standard InChI is InChI=1S/C11H13BN2/c12-11-4-1-7(6-13-11)9-5-8-2-3-10(9)14-8/h1,4,6,8-10,14H,2-3,5H2. The third-order valence-electron chi connectivity index (χ3n) is 3.54. The minimum Gasteiger partial charge on any atom is -0.311 e. The van der Waals surface area contributed by atoms with Gasteiger partial charge in [0.2, 0.25) is 0 Å². The van der Waals surface area contributed by atoms with Gasteiger partial charge in [-0.15, -0.1) is 0 Å². The molecule has 2 fully saturated rings. The van der Waals surface area contributed by atoms with Crippen LogP contribution in [0.1, 0.15) is 30.7 Å². The number of pyridine rings is 1. The quantitative estimate of drug-likeness (QED) is 0.642. The zero-order valence-corrected chi connectivity index (χ0v) is 8.11. The SMILES string of the molecule is [B]c1ccc(C2CC3CCC2N3)cn1. The van der Waals surface area contributed by atoms with Crippen molar-refractivity contribution in [2.45, 2.75) is 37.3 Å². The van der Waals surface area contributed by atoms with Crippen LogP contribution in [0.3, 0.4) is 0 Å². The highest BCUT2D eigenvalue weighted by molar-refractivity contribution is 6.30. The molecule has 0 aliphatic carbocycles. The minimum atomic E-state index is 0.616. The van der Waals surface area contributed by atoms with E-state index in [0.717, 1.165) is 6.04 Å². The van der Waals surface area contributed by atoms with Crippen LogP contribution in [0.25, 0.3) is 0 Å². The Hall–Kier alpha value is -0.825. The van der Waals surface area contributed by atoms with Crippen LogP contribution in [-0.4, -0.2) is 24.9 Å². The number of nitrogens with zero attached hydrogens (tertiary/aromatic N) is 1. The van der Waals surface area contributed by atoms with E-state index in [-0.39, 0.29) is 0 Å². The Bertz CT molecular complexity index is 336. The van der Waals surface area contributed by atoms with E-state index in [1.807, 2.05) is 12.3 Å². The summed E-state index contributed by atoms with van der Waals surface area (Å²) >= 11 is 0. The highest BCUT2D eigenvalue weighted by Gasteiger charge is 2.39. The number of fused-ring (bicyclic) bond motifs is 2. The average molecular weight is 184 g/mol. The van der Waals surface area contributed by atoms with Crippen molar-refractivity contribution in [3.63, 3.8) is 0 Å². The third-order valence-corrected chi connectivity index (χ3v) is 3.54. The molecule has 2 aliphatic heterocycles. The Kier molecular flexibility index (Phi) is 1.87. The Morgan fingerprint density at radius 1 is 1.36 bits per heavy atom. The summed E-state index contributed by atoms with van der Waals surface area (Å²) in [5, 5.41) is 3.63. The Morgan fingerprint density at radius 2 is 2.29 bits per heavy atom. The lowest BCUT2D eigenvalue weighted by Gasteiger charge is -2.20. The molecule has 0 aromatic carbocycles. The van der Waals surface area contributed by atoms with Crippen molar-refractivity contribution in [3.8, 4) is 0 Å². The molecule has 1 aromatic rings. The molecule has 3 unspecified atom stereocenters. The molecule has 3 rings (SSSR count). The summed E-state index contributed by atoms with van der Waals surface area (Å²) in [5.74, 6) is 0.668. The third kappa shape index (κ3) is 1.27. The van der Waals surface area contributed by atoms with Crippen LogP contribution in [0.4, 0.5) is 0 Å². The van der Waals surface area contributed by atoms with E-state index in [0.29, 0.717) is 17.6 Å². The number of hydrogen-bond acceptors (Lipinski definition) is 2. The first-order chi connectivity index (χ1) is 6.83. The second-order valence-electron chi connectivity index (χ2n) is 4.41. The smallest absolute Gasteiger partial charge is 0.141 e.